The monoisotopic (exact) mass is 638 g/mol. The number of nitrogens with zero attached hydrogens (tertiary/aromatic N) is 6. The van der Waals surface area contributed by atoms with Crippen LogP contribution < -0.4 is 0 Å². The third-order valence-electron chi connectivity index (χ3n) is 6.56. The largest absolute Gasteiger partial charge is 0.248 e. The van der Waals surface area contributed by atoms with Crippen molar-refractivity contribution in [2.75, 3.05) is 12.0 Å². The molecule has 2 aliphatic heterocycles. The van der Waals surface area contributed by atoms with E-state index in [1.54, 1.807) is 0 Å². The van der Waals surface area contributed by atoms with Crippen molar-refractivity contribution in [2.45, 2.75) is 47.6 Å². The van der Waals surface area contributed by atoms with Crippen LogP contribution in [0.25, 0.3) is 0 Å². The van der Waals surface area contributed by atoms with Crippen molar-refractivity contribution in [2.24, 2.45) is 0 Å². The van der Waals surface area contributed by atoms with Gasteiger partial charge in [-0.15, -0.1) is 10.2 Å². The van der Waals surface area contributed by atoms with Crippen LogP contribution in [0.3, 0.4) is 0 Å². The molecule has 6 atom stereocenters. The summed E-state index contributed by atoms with van der Waals surface area (Å²) in [4.78, 5) is 7.34. The van der Waals surface area contributed by atoms with E-state index in [0.717, 1.165) is 33.6 Å². The van der Waals surface area contributed by atoms with Crippen LogP contribution in [0.1, 0.15) is 60.0 Å². The van der Waals surface area contributed by atoms with E-state index in [2.05, 4.69) is 20.2 Å². The van der Waals surface area contributed by atoms with Gasteiger partial charge in [0.25, 0.3) is 0 Å². The van der Waals surface area contributed by atoms with Crippen LogP contribution in [-0.2, 0) is 21.6 Å². The average molecular weight is 639 g/mol. The van der Waals surface area contributed by atoms with Gasteiger partial charge in [0.1, 0.15) is 44.9 Å². The Morgan fingerprint density at radius 3 is 1.31 bits per heavy atom. The van der Waals surface area contributed by atoms with Crippen molar-refractivity contribution < 1.29 is 43.5 Å². The molecule has 8 nitrogen and oxygen atoms in total. The molecule has 0 N–H and O–H groups in total. The van der Waals surface area contributed by atoms with Crippen LogP contribution >= 0.6 is 0 Å². The van der Waals surface area contributed by atoms with E-state index < -0.39 is 81.3 Å². The first-order valence-corrected chi connectivity index (χ1v) is 14.7. The Bertz CT molecular complexity index is 1520. The number of hydrogen-bond acceptors (Lipinski definition) is 6. The Morgan fingerprint density at radius 1 is 0.667 bits per heavy atom. The van der Waals surface area contributed by atoms with Crippen molar-refractivity contribution in [3.8, 4) is 0 Å². The smallest absolute Gasteiger partial charge is 0.241 e. The van der Waals surface area contributed by atoms with Crippen molar-refractivity contribution in [1.82, 2.24) is 29.5 Å². The molecule has 0 amide bonds. The standard InChI is InChI=1S/2C12H9F4N3OS/c2*13-5-21(20)12-17-11-8(16)4-9(19(11)18-12)10-6(14)2-1-3-7(10)15/h2*1-3,8-9H,4-5H2/t8-,9-,21+;8-,9-,21-/m00/s1. The molecule has 6 rings (SSSR count). The molecule has 2 aliphatic rings. The second-order valence-electron chi connectivity index (χ2n) is 9.01. The van der Waals surface area contributed by atoms with Gasteiger partial charge in [-0.3, -0.25) is 0 Å². The van der Waals surface area contributed by atoms with E-state index >= 15 is 0 Å². The van der Waals surface area contributed by atoms with E-state index in [1.165, 1.54) is 12.1 Å². The molecule has 0 fully saturated rings. The lowest BCUT2D eigenvalue weighted by Gasteiger charge is -2.13. The minimum absolute atomic E-state index is 0.195. The SMILES string of the molecule is O=[S@@](CF)c1nc2n(n1)[C@H](c1c(F)cccc1F)C[C@@H]2F.O=[S@](CF)c1nc2n(n1)[C@H](c1c(F)cccc1F)C[C@@H]2F. The molecule has 0 radical (unpaired) electrons. The fourth-order valence-electron chi connectivity index (χ4n) is 4.75. The highest BCUT2D eigenvalue weighted by Gasteiger charge is 2.40. The average Bonchev–Trinajstić information content (AvgIpc) is 3.72. The number of halogens is 8. The third kappa shape index (κ3) is 5.36. The minimum atomic E-state index is -2.11. The van der Waals surface area contributed by atoms with Crippen LogP contribution in [0.4, 0.5) is 35.1 Å². The zero-order valence-electron chi connectivity index (χ0n) is 20.9. The molecular weight excluding hydrogens is 620 g/mol. The van der Waals surface area contributed by atoms with Gasteiger partial charge in [0, 0.05) is 24.0 Å². The molecule has 0 bridgehead atoms. The van der Waals surface area contributed by atoms with Gasteiger partial charge in [0.2, 0.25) is 10.3 Å². The van der Waals surface area contributed by atoms with Crippen LogP contribution in [0, 0.1) is 23.3 Å². The second-order valence-corrected chi connectivity index (χ2v) is 11.6. The first kappa shape index (κ1) is 29.9. The van der Waals surface area contributed by atoms with Gasteiger partial charge >= 0.3 is 0 Å². The topological polar surface area (TPSA) is 95.6 Å². The Labute approximate surface area is 236 Å². The minimum Gasteiger partial charge on any atom is -0.248 e. The van der Waals surface area contributed by atoms with Crippen LogP contribution in [-0.4, -0.2) is 50.0 Å². The normalized spacial score (nSPS) is 22.3. The van der Waals surface area contributed by atoms with Gasteiger partial charge in [0.05, 0.1) is 12.1 Å². The van der Waals surface area contributed by atoms with Gasteiger partial charge in [-0.05, 0) is 24.3 Å². The molecule has 224 valence electrons. The number of rotatable bonds is 6. The second kappa shape index (κ2) is 12.0. The van der Waals surface area contributed by atoms with E-state index in [0.29, 0.717) is 0 Å². The van der Waals surface area contributed by atoms with E-state index in [-0.39, 0.29) is 45.9 Å². The summed E-state index contributed by atoms with van der Waals surface area (Å²) >= 11 is 0. The number of aromatic nitrogens is 6. The quantitative estimate of drug-likeness (QED) is 0.270. The third-order valence-corrected chi connectivity index (χ3v) is 8.12. The van der Waals surface area contributed by atoms with Crippen LogP contribution in [0.5, 0.6) is 0 Å². The molecule has 42 heavy (non-hydrogen) atoms. The summed E-state index contributed by atoms with van der Waals surface area (Å²) < 4.78 is 132. The molecule has 0 unspecified atom stereocenters. The molecule has 0 spiro atoms. The maximum absolute atomic E-state index is 13.9. The molecule has 18 heteroatoms. The van der Waals surface area contributed by atoms with Gasteiger partial charge in [-0.25, -0.2) is 62.9 Å². The summed E-state index contributed by atoms with van der Waals surface area (Å²) in [6, 6.07) is 2.13. The molecule has 0 saturated heterocycles. The summed E-state index contributed by atoms with van der Waals surface area (Å²) in [5.74, 6) is -3.71. The van der Waals surface area contributed by atoms with Crippen LogP contribution in [0.2, 0.25) is 0 Å². The summed E-state index contributed by atoms with van der Waals surface area (Å²) in [7, 11) is -4.22. The van der Waals surface area contributed by atoms with Crippen molar-refractivity contribution in [3.05, 3.63) is 82.4 Å². The predicted octanol–water partition coefficient (Wildman–Crippen LogP) is 5.19. The molecule has 0 saturated carbocycles. The molecular formula is C24H18F8N6O2S2. The summed E-state index contributed by atoms with van der Waals surface area (Å²) in [6.07, 6.45) is -3.66. The molecule has 4 heterocycles. The van der Waals surface area contributed by atoms with Crippen molar-refractivity contribution in [1.29, 1.82) is 0 Å². The highest BCUT2D eigenvalue weighted by atomic mass is 32.2. The lowest BCUT2D eigenvalue weighted by Crippen LogP contribution is -2.12. The zero-order valence-corrected chi connectivity index (χ0v) is 22.6. The van der Waals surface area contributed by atoms with Gasteiger partial charge in [0.15, 0.2) is 36.0 Å². The number of hydrogen-bond donors (Lipinski definition) is 0. The zero-order chi connectivity index (χ0) is 30.3. The predicted molar refractivity (Wildman–Crippen MR) is 131 cm³/mol. The maximum Gasteiger partial charge on any atom is 0.241 e. The molecule has 2 aromatic carbocycles. The Morgan fingerprint density at radius 2 is 1.00 bits per heavy atom. The fraction of sp³-hybridized carbons (Fsp3) is 0.333. The highest BCUT2D eigenvalue weighted by molar-refractivity contribution is 7.84. The Kier molecular flexibility index (Phi) is 8.54. The van der Waals surface area contributed by atoms with Crippen LogP contribution in [0.15, 0.2) is 46.7 Å². The molecule has 0 aliphatic carbocycles. The van der Waals surface area contributed by atoms with Crippen molar-refractivity contribution in [3.63, 3.8) is 0 Å². The van der Waals surface area contributed by atoms with E-state index in [9.17, 15) is 43.5 Å². The first-order valence-electron chi connectivity index (χ1n) is 12.0. The number of fused-ring (bicyclic) bond motifs is 2. The van der Waals surface area contributed by atoms with Crippen molar-refractivity contribution >= 4 is 21.6 Å². The molecule has 4 aromatic rings. The Balaban J connectivity index is 0.000000168. The summed E-state index contributed by atoms with van der Waals surface area (Å²) in [6.45, 7) is 0. The number of benzene rings is 2. The van der Waals surface area contributed by atoms with E-state index in [4.69, 9.17) is 0 Å². The Hall–Kier alpha value is -3.54. The van der Waals surface area contributed by atoms with Gasteiger partial charge in [-0.1, -0.05) is 12.1 Å². The number of alkyl halides is 4. The lowest BCUT2D eigenvalue weighted by molar-refractivity contribution is 0.322. The van der Waals surface area contributed by atoms with Gasteiger partial charge < -0.3 is 0 Å². The first-order chi connectivity index (χ1) is 20.0. The lowest BCUT2D eigenvalue weighted by atomic mass is 10.0. The van der Waals surface area contributed by atoms with E-state index in [1.807, 2.05) is 0 Å². The summed E-state index contributed by atoms with van der Waals surface area (Å²) in [5, 5.41) is 6.73. The molecule has 2 aromatic heterocycles. The fourth-order valence-corrected chi connectivity index (χ4v) is 5.69. The van der Waals surface area contributed by atoms with Gasteiger partial charge in [-0.2, -0.15) is 0 Å². The maximum atomic E-state index is 13.9. The summed E-state index contributed by atoms with van der Waals surface area (Å²) in [5.41, 5.74) is -0.664. The highest BCUT2D eigenvalue weighted by Crippen LogP contribution is 2.42.